The van der Waals surface area contributed by atoms with E-state index in [1.165, 1.54) is 59.3 Å². The third-order valence-electron chi connectivity index (χ3n) is 11.8. The zero-order chi connectivity index (χ0) is 45.5. The number of unbranched alkanes of at least 4 members (excludes halogenated alkanes) is 2. The van der Waals surface area contributed by atoms with Crippen LogP contribution in [0.5, 0.6) is 23.0 Å². The van der Waals surface area contributed by atoms with Gasteiger partial charge in [0.05, 0.1) is 41.2 Å². The number of benzene rings is 2. The topological polar surface area (TPSA) is 219 Å². The van der Waals surface area contributed by atoms with Crippen molar-refractivity contribution in [1.82, 2.24) is 5.32 Å². The Kier molecular flexibility index (Phi) is 16.4. The molecule has 2 aromatic carbocycles. The predicted octanol–water partition coefficient (Wildman–Crippen LogP) is 6.51. The number of ether oxygens (including phenoxy) is 5. The third kappa shape index (κ3) is 10.9. The maximum atomic E-state index is 14.5. The summed E-state index contributed by atoms with van der Waals surface area (Å²) < 4.78 is 29.8. The average molecular weight is 853 g/mol. The number of aliphatic hydroxyl groups excluding tert-OH is 2. The molecule has 6 N–H and O–H groups in total. The minimum absolute atomic E-state index is 0.0584. The van der Waals surface area contributed by atoms with Gasteiger partial charge in [-0.1, -0.05) is 72.1 Å². The molecule has 0 spiro atoms. The fourth-order valence-corrected chi connectivity index (χ4v) is 7.98. The highest BCUT2D eigenvalue weighted by molar-refractivity contribution is 6.21. The molecule has 2 aromatic rings. The van der Waals surface area contributed by atoms with Gasteiger partial charge in [-0.3, -0.25) is 19.2 Å². The van der Waals surface area contributed by atoms with Crippen LogP contribution in [-0.2, 0) is 28.6 Å². The third-order valence-corrected chi connectivity index (χ3v) is 11.8. The van der Waals surface area contributed by atoms with E-state index in [0.29, 0.717) is 0 Å². The number of aliphatic hydroxyl groups is 2. The molecule has 3 aliphatic rings. The Morgan fingerprint density at radius 3 is 2.31 bits per heavy atom. The first-order valence-corrected chi connectivity index (χ1v) is 21.0. The van der Waals surface area contributed by atoms with E-state index < -0.39 is 95.5 Å². The fourth-order valence-electron chi connectivity index (χ4n) is 7.98. The van der Waals surface area contributed by atoms with E-state index in [-0.39, 0.29) is 50.7 Å². The molecule has 15 heteroatoms. The number of fused-ring (bicyclic) bond motifs is 14. The van der Waals surface area contributed by atoms with E-state index in [0.717, 1.165) is 25.7 Å². The van der Waals surface area contributed by atoms with Crippen LogP contribution in [0.4, 0.5) is 5.69 Å². The molecule has 0 aliphatic carbocycles. The summed E-state index contributed by atoms with van der Waals surface area (Å²) in [5.41, 5.74) is -0.0130. The minimum atomic E-state index is -2.03. The number of esters is 1. The number of methoxy groups -OCH3 is 1. The first kappa shape index (κ1) is 48.5. The standard InChI is InChI=1S/C46H64N2O13/c1-12-13-14-18-25(4)47-34(50)22-58-33-21-31-41(54)36-35(33)37-43(29(8)40(36)53)61-46(10,44(37)55)59-20-19-32(57-11)26(5)42(60-30(9)49)28(7)39(52)27(6)38(51)23(2)16-15-17-24(3)45(56)48-31/h15-17,19-21,23,25-28,32,38-39,42,51-54H,12-14,18,22H2,1-11H3,(H,47,50)(H,48,56)/b16-15+,20-19+,24-17-/t23-,25?,26-,27-,28-,32+,38-,39+,42-,46+/m1/s1. The van der Waals surface area contributed by atoms with Gasteiger partial charge in [-0.25, -0.2) is 0 Å². The summed E-state index contributed by atoms with van der Waals surface area (Å²) in [6, 6.07) is 1.12. The quantitative estimate of drug-likeness (QED) is 0.0854. The van der Waals surface area contributed by atoms with Crippen molar-refractivity contribution in [1.29, 1.82) is 0 Å². The number of carbonyl (C=O) groups is 4. The predicted molar refractivity (Wildman–Crippen MR) is 229 cm³/mol. The van der Waals surface area contributed by atoms with Crippen LogP contribution < -0.4 is 20.1 Å². The number of hydrogen-bond donors (Lipinski definition) is 6. The Bertz CT molecular complexity index is 2040. The van der Waals surface area contributed by atoms with E-state index >= 15 is 0 Å². The van der Waals surface area contributed by atoms with Gasteiger partial charge in [0, 0.05) is 73.3 Å². The lowest BCUT2D eigenvalue weighted by Gasteiger charge is -2.38. The summed E-state index contributed by atoms with van der Waals surface area (Å²) in [5.74, 6) is -8.12. The zero-order valence-electron chi connectivity index (χ0n) is 37.2. The molecule has 61 heavy (non-hydrogen) atoms. The number of phenolic OH excluding ortho intramolecular Hbond substituents is 2. The Morgan fingerprint density at radius 2 is 1.67 bits per heavy atom. The van der Waals surface area contributed by atoms with E-state index in [2.05, 4.69) is 17.6 Å². The number of nitrogens with one attached hydrogen (secondary N) is 2. The molecule has 3 heterocycles. The van der Waals surface area contributed by atoms with Gasteiger partial charge in [-0.15, -0.1) is 0 Å². The van der Waals surface area contributed by atoms with Crippen molar-refractivity contribution < 1.29 is 63.3 Å². The number of allylic oxidation sites excluding steroid dienone is 2. The number of hydrogen-bond acceptors (Lipinski definition) is 13. The summed E-state index contributed by atoms with van der Waals surface area (Å²) in [5, 5.41) is 51.4. The molecule has 15 nitrogen and oxygen atoms in total. The summed E-state index contributed by atoms with van der Waals surface area (Å²) in [7, 11) is 1.44. The van der Waals surface area contributed by atoms with Crippen LogP contribution in [-0.4, -0.2) is 94.0 Å². The Labute approximate surface area is 358 Å². The maximum absolute atomic E-state index is 14.5. The van der Waals surface area contributed by atoms with Gasteiger partial charge in [0.2, 0.25) is 0 Å². The average Bonchev–Trinajstić information content (AvgIpc) is 3.48. The van der Waals surface area contributed by atoms with Crippen molar-refractivity contribution in [2.24, 2.45) is 23.7 Å². The van der Waals surface area contributed by atoms with Crippen LogP contribution in [0.25, 0.3) is 10.8 Å². The highest BCUT2D eigenvalue weighted by atomic mass is 16.7. The SMILES string of the molecule is CCCCCC(C)NC(=O)COc1cc2c(O)c3c(O)c(C)c4c(c13)C(=O)[C@@](C)(O/C=C/[C@H](OC)[C@@H](C)[C@@H](OC(C)=O)[C@H](C)[C@@H](O)[C@H](C)[C@H](O)[C@H](C)/C=C/C=C(/C)C(=O)N2)O4. The molecule has 1 unspecified atom stereocenters. The molecular weight excluding hydrogens is 789 g/mol. The minimum Gasteiger partial charge on any atom is -0.507 e. The zero-order valence-corrected chi connectivity index (χ0v) is 37.2. The smallest absolute Gasteiger partial charge is 0.312 e. The second kappa shape index (κ2) is 20.6. The van der Waals surface area contributed by atoms with E-state index in [1.54, 1.807) is 39.8 Å². The molecule has 5 bridgehead atoms. The van der Waals surface area contributed by atoms with Crippen molar-refractivity contribution in [2.45, 2.75) is 131 Å². The summed E-state index contributed by atoms with van der Waals surface area (Å²) in [6.45, 7) is 16.0. The molecular formula is C46H64N2O13. The number of aromatic hydroxyl groups is 2. The largest absolute Gasteiger partial charge is 0.507 e. The fraction of sp³-hybridized carbons (Fsp3) is 0.565. The van der Waals surface area contributed by atoms with Crippen LogP contribution in [0.2, 0.25) is 0 Å². The van der Waals surface area contributed by atoms with Crippen molar-refractivity contribution in [3.05, 3.63) is 53.3 Å². The Hall–Kier alpha value is -5.12. The van der Waals surface area contributed by atoms with Gasteiger partial charge < -0.3 is 54.7 Å². The second-order valence-electron chi connectivity index (χ2n) is 16.7. The molecule has 10 atom stereocenters. The normalized spacial score (nSPS) is 29.8. The Balaban J connectivity index is 1.89. The van der Waals surface area contributed by atoms with E-state index in [9.17, 15) is 39.6 Å². The van der Waals surface area contributed by atoms with Crippen molar-refractivity contribution in [2.75, 3.05) is 19.0 Å². The molecule has 0 radical (unpaired) electrons. The van der Waals surface area contributed by atoms with E-state index in [4.69, 9.17) is 23.7 Å². The van der Waals surface area contributed by atoms with Gasteiger partial charge in [0.15, 0.2) is 12.4 Å². The lowest BCUT2D eigenvalue weighted by atomic mass is 9.78. The lowest BCUT2D eigenvalue weighted by molar-refractivity contribution is -0.160. The molecule has 336 valence electrons. The van der Waals surface area contributed by atoms with Crippen molar-refractivity contribution >= 4 is 40.0 Å². The monoisotopic (exact) mass is 852 g/mol. The van der Waals surface area contributed by atoms with Crippen LogP contribution in [0, 0.1) is 30.6 Å². The number of rotatable bonds is 10. The number of anilines is 1. The number of amides is 2. The van der Waals surface area contributed by atoms with Gasteiger partial charge in [-0.05, 0) is 33.3 Å². The van der Waals surface area contributed by atoms with Gasteiger partial charge in [0.1, 0.15) is 23.4 Å². The molecule has 5 rings (SSSR count). The van der Waals surface area contributed by atoms with Crippen molar-refractivity contribution in [3.8, 4) is 23.0 Å². The number of Topliss-reactive ketones (excluding diaryl/α,β-unsaturated/α-hetero) is 1. The van der Waals surface area contributed by atoms with Crippen LogP contribution in [0.15, 0.2) is 42.2 Å². The molecule has 0 aromatic heterocycles. The maximum Gasteiger partial charge on any atom is 0.312 e. The number of ketones is 1. The highest BCUT2D eigenvalue weighted by Crippen LogP contribution is 2.54. The van der Waals surface area contributed by atoms with Gasteiger partial charge in [0.25, 0.3) is 17.6 Å². The van der Waals surface area contributed by atoms with Gasteiger partial charge in [-0.2, -0.15) is 0 Å². The van der Waals surface area contributed by atoms with Crippen molar-refractivity contribution in [3.63, 3.8) is 0 Å². The number of carbonyl (C=O) groups excluding carboxylic acids is 4. The summed E-state index contributed by atoms with van der Waals surface area (Å²) in [4.78, 5) is 53.6. The van der Waals surface area contributed by atoms with Crippen LogP contribution >= 0.6 is 0 Å². The van der Waals surface area contributed by atoms with Crippen LogP contribution in [0.1, 0.15) is 104 Å². The highest BCUT2D eigenvalue weighted by Gasteiger charge is 2.49. The summed E-state index contributed by atoms with van der Waals surface area (Å²) in [6.07, 6.45) is 7.34. The van der Waals surface area contributed by atoms with Gasteiger partial charge >= 0.3 is 11.8 Å². The molecule has 0 fully saturated rings. The molecule has 0 saturated carbocycles. The summed E-state index contributed by atoms with van der Waals surface area (Å²) >= 11 is 0. The second-order valence-corrected chi connectivity index (χ2v) is 16.7. The molecule has 2 amide bonds. The Morgan fingerprint density at radius 1 is 0.984 bits per heavy atom. The van der Waals surface area contributed by atoms with Crippen LogP contribution in [0.3, 0.4) is 0 Å². The first-order valence-electron chi connectivity index (χ1n) is 21.0. The first-order chi connectivity index (χ1) is 28.7. The molecule has 0 saturated heterocycles. The van der Waals surface area contributed by atoms with E-state index in [1.807, 2.05) is 6.92 Å². The lowest BCUT2D eigenvalue weighted by Crippen LogP contribution is -2.46. The molecule has 3 aliphatic heterocycles. The number of phenols is 2.